The van der Waals surface area contributed by atoms with Gasteiger partial charge in [0.1, 0.15) is 5.52 Å². The van der Waals surface area contributed by atoms with E-state index in [-0.39, 0.29) is 5.56 Å². The number of hydrogen-bond donors (Lipinski definition) is 1. The summed E-state index contributed by atoms with van der Waals surface area (Å²) >= 11 is 0. The molecule has 0 saturated heterocycles. The lowest BCUT2D eigenvalue weighted by molar-refractivity contribution is -0.104. The SMILES string of the molecule is CCc1ccc(-c2nc3ccc(NCCN(C)C)c(C(=O)C=O)c3o2)cc1. The van der Waals surface area contributed by atoms with Crippen molar-refractivity contribution in [2.45, 2.75) is 13.3 Å². The number of aryl methyl sites for hydroxylation is 1. The number of benzene rings is 2. The Morgan fingerprint density at radius 3 is 2.56 bits per heavy atom. The van der Waals surface area contributed by atoms with Gasteiger partial charge in [0, 0.05) is 24.3 Å². The molecule has 1 N–H and O–H groups in total. The number of rotatable bonds is 8. The summed E-state index contributed by atoms with van der Waals surface area (Å²) in [6.45, 7) is 3.52. The third kappa shape index (κ3) is 4.06. The average Bonchev–Trinajstić information content (AvgIpc) is 3.11. The molecule has 1 heterocycles. The Bertz CT molecular complexity index is 959. The Morgan fingerprint density at radius 2 is 1.93 bits per heavy atom. The van der Waals surface area contributed by atoms with Crippen LogP contribution in [0.5, 0.6) is 0 Å². The maximum absolute atomic E-state index is 12.3. The molecule has 0 saturated carbocycles. The molecule has 0 unspecified atom stereocenters. The Labute approximate surface area is 158 Å². The standard InChI is InChI=1S/C21H23N3O3/c1-4-14-5-7-15(8-6-14)21-23-17-10-9-16(22-11-12-24(2)3)19(18(26)13-25)20(17)27-21/h5-10,13,22H,4,11-12H2,1-3H3. The van der Waals surface area contributed by atoms with Crippen LogP contribution in [0.2, 0.25) is 0 Å². The second-order valence-corrected chi connectivity index (χ2v) is 6.62. The first-order valence-corrected chi connectivity index (χ1v) is 8.94. The highest BCUT2D eigenvalue weighted by atomic mass is 16.3. The number of carbonyl (C=O) groups is 2. The van der Waals surface area contributed by atoms with Gasteiger partial charge in [0.25, 0.3) is 0 Å². The van der Waals surface area contributed by atoms with Gasteiger partial charge in [-0.15, -0.1) is 0 Å². The van der Waals surface area contributed by atoms with Crippen LogP contribution in [0.1, 0.15) is 22.8 Å². The fourth-order valence-electron chi connectivity index (χ4n) is 2.86. The van der Waals surface area contributed by atoms with Crippen molar-refractivity contribution in [2.75, 3.05) is 32.5 Å². The van der Waals surface area contributed by atoms with Crippen molar-refractivity contribution in [3.63, 3.8) is 0 Å². The molecule has 3 rings (SSSR count). The Kier molecular flexibility index (Phi) is 5.66. The first kappa shape index (κ1) is 18.8. The quantitative estimate of drug-likeness (QED) is 0.375. The molecule has 0 atom stereocenters. The Morgan fingerprint density at radius 1 is 1.19 bits per heavy atom. The highest BCUT2D eigenvalue weighted by molar-refractivity contribution is 6.37. The van der Waals surface area contributed by atoms with Crippen LogP contribution in [-0.2, 0) is 11.2 Å². The molecule has 0 aliphatic rings. The van der Waals surface area contributed by atoms with Crippen molar-refractivity contribution in [3.8, 4) is 11.5 Å². The number of fused-ring (bicyclic) bond motifs is 1. The molecule has 0 radical (unpaired) electrons. The zero-order chi connectivity index (χ0) is 19.4. The highest BCUT2D eigenvalue weighted by Gasteiger charge is 2.20. The van der Waals surface area contributed by atoms with Gasteiger partial charge in [-0.2, -0.15) is 0 Å². The van der Waals surface area contributed by atoms with Gasteiger partial charge in [-0.25, -0.2) is 4.98 Å². The van der Waals surface area contributed by atoms with E-state index in [9.17, 15) is 9.59 Å². The number of likely N-dealkylation sites (N-methyl/N-ethyl adjacent to an activating group) is 1. The minimum atomic E-state index is -0.628. The van der Waals surface area contributed by atoms with Crippen molar-refractivity contribution in [2.24, 2.45) is 0 Å². The van der Waals surface area contributed by atoms with Gasteiger partial charge >= 0.3 is 0 Å². The molecule has 1 aromatic heterocycles. The lowest BCUT2D eigenvalue weighted by Gasteiger charge is -2.13. The number of nitrogens with one attached hydrogen (secondary N) is 1. The van der Waals surface area contributed by atoms with Gasteiger partial charge in [0.15, 0.2) is 11.9 Å². The summed E-state index contributed by atoms with van der Waals surface area (Å²) in [7, 11) is 3.93. The number of anilines is 1. The fourth-order valence-corrected chi connectivity index (χ4v) is 2.86. The summed E-state index contributed by atoms with van der Waals surface area (Å²) in [6.07, 6.45) is 1.26. The van der Waals surface area contributed by atoms with E-state index in [0.29, 0.717) is 35.5 Å². The van der Waals surface area contributed by atoms with Crippen LogP contribution < -0.4 is 5.32 Å². The van der Waals surface area contributed by atoms with Crippen LogP contribution >= 0.6 is 0 Å². The molecular weight excluding hydrogens is 342 g/mol. The van der Waals surface area contributed by atoms with E-state index in [0.717, 1.165) is 18.5 Å². The Balaban J connectivity index is 2.03. The maximum atomic E-state index is 12.3. The largest absolute Gasteiger partial charge is 0.435 e. The van der Waals surface area contributed by atoms with E-state index < -0.39 is 5.78 Å². The first-order chi connectivity index (χ1) is 13.0. The third-order valence-electron chi connectivity index (χ3n) is 4.39. The molecule has 0 amide bonds. The molecule has 0 aliphatic heterocycles. The van der Waals surface area contributed by atoms with Crippen LogP contribution in [0.25, 0.3) is 22.6 Å². The van der Waals surface area contributed by atoms with Gasteiger partial charge in [-0.3, -0.25) is 9.59 Å². The molecule has 0 aliphatic carbocycles. The number of aldehydes is 1. The number of nitrogens with zero attached hydrogens (tertiary/aromatic N) is 2. The normalized spacial score (nSPS) is 11.1. The number of Topliss-reactive ketones (excluding diaryl/α,β-unsaturated/α-hetero) is 1. The molecule has 6 heteroatoms. The van der Waals surface area contributed by atoms with Crippen molar-refractivity contribution in [1.29, 1.82) is 0 Å². The number of oxazole rings is 1. The molecule has 27 heavy (non-hydrogen) atoms. The molecule has 6 nitrogen and oxygen atoms in total. The molecule has 0 fully saturated rings. The molecule has 2 aromatic carbocycles. The van der Waals surface area contributed by atoms with Crippen molar-refractivity contribution in [3.05, 3.63) is 47.5 Å². The van der Waals surface area contributed by atoms with Crippen molar-refractivity contribution >= 4 is 28.9 Å². The van der Waals surface area contributed by atoms with Crippen molar-refractivity contribution < 1.29 is 14.0 Å². The van der Waals surface area contributed by atoms with Crippen LogP contribution in [0, 0.1) is 0 Å². The summed E-state index contributed by atoms with van der Waals surface area (Å²) in [5.74, 6) is -0.199. The van der Waals surface area contributed by atoms with Gasteiger partial charge in [-0.05, 0) is 50.3 Å². The highest BCUT2D eigenvalue weighted by Crippen LogP contribution is 2.31. The zero-order valence-corrected chi connectivity index (χ0v) is 15.8. The molecule has 140 valence electrons. The predicted octanol–water partition coefficient (Wildman–Crippen LogP) is 3.41. The smallest absolute Gasteiger partial charge is 0.231 e. The minimum absolute atomic E-state index is 0.227. The van der Waals surface area contributed by atoms with E-state index >= 15 is 0 Å². The molecule has 3 aromatic rings. The summed E-state index contributed by atoms with van der Waals surface area (Å²) in [5.41, 5.74) is 3.73. The van der Waals surface area contributed by atoms with E-state index in [4.69, 9.17) is 4.42 Å². The van der Waals surface area contributed by atoms with Gasteiger partial charge in [0.2, 0.25) is 11.7 Å². The Hall–Kier alpha value is -2.99. The van der Waals surface area contributed by atoms with E-state index in [1.807, 2.05) is 43.3 Å². The maximum Gasteiger partial charge on any atom is 0.231 e. The zero-order valence-electron chi connectivity index (χ0n) is 15.8. The second-order valence-electron chi connectivity index (χ2n) is 6.62. The van der Waals surface area contributed by atoms with Gasteiger partial charge < -0.3 is 14.6 Å². The summed E-state index contributed by atoms with van der Waals surface area (Å²) in [4.78, 5) is 30.0. The second kappa shape index (κ2) is 8.14. The molecular formula is C21H23N3O3. The monoisotopic (exact) mass is 365 g/mol. The van der Waals surface area contributed by atoms with Crippen LogP contribution in [0.4, 0.5) is 5.69 Å². The van der Waals surface area contributed by atoms with Crippen molar-refractivity contribution in [1.82, 2.24) is 9.88 Å². The van der Waals surface area contributed by atoms with E-state index in [1.54, 1.807) is 12.1 Å². The average molecular weight is 365 g/mol. The topological polar surface area (TPSA) is 75.4 Å². The number of ketones is 1. The lowest BCUT2D eigenvalue weighted by Crippen LogP contribution is -2.21. The third-order valence-corrected chi connectivity index (χ3v) is 4.39. The molecule has 0 spiro atoms. The predicted molar refractivity (Wildman–Crippen MR) is 106 cm³/mol. The van der Waals surface area contributed by atoms with Crippen LogP contribution in [-0.4, -0.2) is 49.1 Å². The summed E-state index contributed by atoms with van der Waals surface area (Å²) in [6, 6.07) is 11.5. The summed E-state index contributed by atoms with van der Waals surface area (Å²) < 4.78 is 5.91. The van der Waals surface area contributed by atoms with E-state index in [2.05, 4.69) is 17.2 Å². The van der Waals surface area contributed by atoms with Gasteiger partial charge in [0.05, 0.1) is 5.56 Å². The number of carbonyl (C=O) groups excluding carboxylic acids is 2. The van der Waals surface area contributed by atoms with E-state index in [1.165, 1.54) is 5.56 Å². The first-order valence-electron chi connectivity index (χ1n) is 8.94. The number of hydrogen-bond acceptors (Lipinski definition) is 6. The lowest BCUT2D eigenvalue weighted by atomic mass is 10.1. The number of aromatic nitrogens is 1. The summed E-state index contributed by atoms with van der Waals surface area (Å²) in [5, 5.41) is 3.21. The van der Waals surface area contributed by atoms with Gasteiger partial charge in [-0.1, -0.05) is 19.1 Å². The minimum Gasteiger partial charge on any atom is -0.435 e. The molecule has 0 bridgehead atoms. The fraction of sp³-hybridized carbons (Fsp3) is 0.286. The van der Waals surface area contributed by atoms with Crippen LogP contribution in [0.3, 0.4) is 0 Å². The van der Waals surface area contributed by atoms with Crippen LogP contribution in [0.15, 0.2) is 40.8 Å².